The molecule has 2 fully saturated rings. The summed E-state index contributed by atoms with van der Waals surface area (Å²) in [5.41, 5.74) is 0.771. The van der Waals surface area contributed by atoms with Crippen LogP contribution in [0.25, 0.3) is 0 Å². The second kappa shape index (κ2) is 7.01. The van der Waals surface area contributed by atoms with E-state index in [0.29, 0.717) is 36.3 Å². The molecule has 146 valence electrons. The van der Waals surface area contributed by atoms with Gasteiger partial charge in [-0.15, -0.1) is 0 Å². The zero-order chi connectivity index (χ0) is 19.2. The smallest absolute Gasteiger partial charge is 0.248 e. The SMILES string of the molecule is CC(C)CC(=O)N=C1S[C@H]2CS(=O)(=O)C[C@@H]2N1c1ccc2c(c1)OCCO2. The van der Waals surface area contributed by atoms with Gasteiger partial charge in [-0.05, 0) is 18.1 Å². The molecule has 1 aromatic rings. The number of carbonyl (C=O) groups is 1. The summed E-state index contributed by atoms with van der Waals surface area (Å²) >= 11 is 1.38. The van der Waals surface area contributed by atoms with Crippen LogP contribution < -0.4 is 14.4 Å². The number of hydrogen-bond acceptors (Lipinski definition) is 6. The van der Waals surface area contributed by atoms with E-state index < -0.39 is 9.84 Å². The van der Waals surface area contributed by atoms with E-state index in [1.807, 2.05) is 36.9 Å². The fraction of sp³-hybridized carbons (Fsp3) is 0.556. The predicted octanol–water partition coefficient (Wildman–Crippen LogP) is 2.11. The second-order valence-electron chi connectivity index (χ2n) is 7.38. The average Bonchev–Trinajstić information content (AvgIpc) is 3.04. The van der Waals surface area contributed by atoms with Gasteiger partial charge in [0, 0.05) is 23.4 Å². The number of thioether (sulfide) groups is 1. The number of nitrogens with zero attached hydrogens (tertiary/aromatic N) is 2. The first kappa shape index (κ1) is 18.6. The van der Waals surface area contributed by atoms with Gasteiger partial charge in [-0.1, -0.05) is 25.6 Å². The molecule has 0 unspecified atom stereocenters. The van der Waals surface area contributed by atoms with Crippen molar-refractivity contribution in [3.8, 4) is 11.5 Å². The Bertz CT molecular complexity index is 897. The molecule has 0 spiro atoms. The van der Waals surface area contributed by atoms with Crippen LogP contribution in [0.4, 0.5) is 5.69 Å². The molecule has 27 heavy (non-hydrogen) atoms. The molecular weight excluding hydrogens is 388 g/mol. The number of benzene rings is 1. The van der Waals surface area contributed by atoms with E-state index in [-0.39, 0.29) is 34.6 Å². The van der Waals surface area contributed by atoms with Gasteiger partial charge >= 0.3 is 0 Å². The Hall–Kier alpha value is -1.74. The van der Waals surface area contributed by atoms with E-state index in [9.17, 15) is 13.2 Å². The molecule has 0 radical (unpaired) electrons. The minimum absolute atomic E-state index is 0.0660. The molecule has 1 aromatic carbocycles. The molecule has 0 N–H and O–H groups in total. The summed E-state index contributed by atoms with van der Waals surface area (Å²) in [6.45, 7) is 4.92. The summed E-state index contributed by atoms with van der Waals surface area (Å²) in [7, 11) is -3.09. The van der Waals surface area contributed by atoms with Gasteiger partial charge in [0.1, 0.15) is 13.2 Å². The van der Waals surface area contributed by atoms with Gasteiger partial charge in [0.15, 0.2) is 26.5 Å². The number of carbonyl (C=O) groups excluding carboxylic acids is 1. The fourth-order valence-corrected chi connectivity index (χ4v) is 7.48. The Morgan fingerprint density at radius 1 is 1.26 bits per heavy atom. The molecule has 1 amide bonds. The topological polar surface area (TPSA) is 85.3 Å². The lowest BCUT2D eigenvalue weighted by Gasteiger charge is -2.26. The number of fused-ring (bicyclic) bond motifs is 2. The van der Waals surface area contributed by atoms with Gasteiger partial charge in [-0.2, -0.15) is 4.99 Å². The summed E-state index contributed by atoms with van der Waals surface area (Å²) < 4.78 is 35.5. The quantitative estimate of drug-likeness (QED) is 0.754. The molecule has 4 rings (SSSR count). The Morgan fingerprint density at radius 2 is 2.00 bits per heavy atom. The second-order valence-corrected chi connectivity index (χ2v) is 10.7. The molecule has 3 heterocycles. The number of rotatable bonds is 3. The molecule has 0 saturated carbocycles. The van der Waals surface area contributed by atoms with Crippen molar-refractivity contribution in [3.63, 3.8) is 0 Å². The van der Waals surface area contributed by atoms with E-state index in [2.05, 4.69) is 4.99 Å². The van der Waals surface area contributed by atoms with Crippen LogP contribution in [0.15, 0.2) is 23.2 Å². The Labute approximate surface area is 163 Å². The highest BCUT2D eigenvalue weighted by atomic mass is 32.2. The Morgan fingerprint density at radius 3 is 2.74 bits per heavy atom. The van der Waals surface area contributed by atoms with Crippen LogP contribution in [0.1, 0.15) is 20.3 Å². The van der Waals surface area contributed by atoms with E-state index in [1.54, 1.807) is 0 Å². The largest absolute Gasteiger partial charge is 0.486 e. The van der Waals surface area contributed by atoms with Crippen LogP contribution in [-0.4, -0.2) is 55.5 Å². The van der Waals surface area contributed by atoms with Crippen LogP contribution in [0.5, 0.6) is 11.5 Å². The van der Waals surface area contributed by atoms with Crippen LogP contribution in [0.2, 0.25) is 0 Å². The first-order valence-corrected chi connectivity index (χ1v) is 11.7. The lowest BCUT2D eigenvalue weighted by Crippen LogP contribution is -2.37. The van der Waals surface area contributed by atoms with Gasteiger partial charge in [0.2, 0.25) is 5.91 Å². The predicted molar refractivity (Wildman–Crippen MR) is 106 cm³/mol. The first-order chi connectivity index (χ1) is 12.8. The van der Waals surface area contributed by atoms with Gasteiger partial charge in [0.05, 0.1) is 17.5 Å². The number of amides is 1. The van der Waals surface area contributed by atoms with Gasteiger partial charge in [-0.25, -0.2) is 8.42 Å². The number of anilines is 1. The van der Waals surface area contributed by atoms with Crippen molar-refractivity contribution < 1.29 is 22.7 Å². The maximum absolute atomic E-state index is 12.3. The zero-order valence-electron chi connectivity index (χ0n) is 15.3. The third-order valence-electron chi connectivity index (χ3n) is 4.67. The van der Waals surface area contributed by atoms with E-state index in [1.165, 1.54) is 11.8 Å². The molecule has 0 aliphatic carbocycles. The molecule has 3 aliphatic rings. The van der Waals surface area contributed by atoms with E-state index in [4.69, 9.17) is 9.47 Å². The molecular formula is C18H22N2O5S2. The summed E-state index contributed by atoms with van der Waals surface area (Å²) in [5, 5.41) is 0.455. The molecule has 0 bridgehead atoms. The van der Waals surface area contributed by atoms with Crippen LogP contribution in [0, 0.1) is 5.92 Å². The molecule has 7 nitrogen and oxygen atoms in total. The minimum Gasteiger partial charge on any atom is -0.486 e. The molecule has 0 aromatic heterocycles. The van der Waals surface area contributed by atoms with Crippen molar-refractivity contribution in [2.75, 3.05) is 29.6 Å². The maximum atomic E-state index is 12.3. The Balaban J connectivity index is 1.70. The zero-order valence-corrected chi connectivity index (χ0v) is 16.9. The van der Waals surface area contributed by atoms with Crippen molar-refractivity contribution in [2.24, 2.45) is 10.9 Å². The minimum atomic E-state index is -3.09. The van der Waals surface area contributed by atoms with Crippen molar-refractivity contribution in [1.82, 2.24) is 0 Å². The van der Waals surface area contributed by atoms with Crippen molar-refractivity contribution in [3.05, 3.63) is 18.2 Å². The standard InChI is InChI=1S/C18H22N2O5S2/c1-11(2)7-17(21)19-18-20(13-9-27(22,23)10-16(13)26-18)12-3-4-14-15(8-12)25-6-5-24-14/h3-4,8,11,13,16H,5-7,9-10H2,1-2H3/t13-,16-/m0/s1. The monoisotopic (exact) mass is 410 g/mol. The van der Waals surface area contributed by atoms with Crippen molar-refractivity contribution in [2.45, 2.75) is 31.6 Å². The molecule has 2 saturated heterocycles. The highest BCUT2D eigenvalue weighted by molar-refractivity contribution is 8.16. The van der Waals surface area contributed by atoms with Crippen LogP contribution in [0.3, 0.4) is 0 Å². The Kier molecular flexibility index (Phi) is 4.84. The fourth-order valence-electron chi connectivity index (χ4n) is 3.55. The first-order valence-electron chi connectivity index (χ1n) is 9.00. The summed E-state index contributed by atoms with van der Waals surface area (Å²) in [6, 6.07) is 5.29. The van der Waals surface area contributed by atoms with Crippen LogP contribution in [-0.2, 0) is 14.6 Å². The van der Waals surface area contributed by atoms with Crippen molar-refractivity contribution in [1.29, 1.82) is 0 Å². The van der Waals surface area contributed by atoms with E-state index >= 15 is 0 Å². The van der Waals surface area contributed by atoms with Crippen LogP contribution >= 0.6 is 11.8 Å². The average molecular weight is 411 g/mol. The highest BCUT2D eigenvalue weighted by Crippen LogP contribution is 2.43. The molecule has 3 aliphatic heterocycles. The number of sulfone groups is 1. The maximum Gasteiger partial charge on any atom is 0.248 e. The number of aliphatic imine (C=N–C) groups is 1. The number of hydrogen-bond donors (Lipinski definition) is 0. The van der Waals surface area contributed by atoms with E-state index in [0.717, 1.165) is 5.69 Å². The summed E-state index contributed by atoms with van der Waals surface area (Å²) in [4.78, 5) is 18.5. The third-order valence-corrected chi connectivity index (χ3v) is 7.88. The van der Waals surface area contributed by atoms with Gasteiger partial charge < -0.3 is 14.4 Å². The lowest BCUT2D eigenvalue weighted by atomic mass is 10.1. The number of amidine groups is 1. The third kappa shape index (κ3) is 3.80. The van der Waals surface area contributed by atoms with Crippen molar-refractivity contribution >= 4 is 38.4 Å². The van der Waals surface area contributed by atoms with Gasteiger partial charge in [0.25, 0.3) is 0 Å². The summed E-state index contributed by atoms with van der Waals surface area (Å²) in [6.07, 6.45) is 0.368. The molecule has 2 atom stereocenters. The molecule has 9 heteroatoms. The highest BCUT2D eigenvalue weighted by Gasteiger charge is 2.49. The normalized spacial score (nSPS) is 27.2. The van der Waals surface area contributed by atoms with Gasteiger partial charge in [-0.3, -0.25) is 4.79 Å². The summed E-state index contributed by atoms with van der Waals surface area (Å²) in [5.74, 6) is 1.51. The number of ether oxygens (including phenoxy) is 2. The lowest BCUT2D eigenvalue weighted by molar-refractivity contribution is -0.118.